The topological polar surface area (TPSA) is 49.8 Å². The summed E-state index contributed by atoms with van der Waals surface area (Å²) < 4.78 is 19.2. The minimum absolute atomic E-state index is 0.107. The third-order valence-corrected chi connectivity index (χ3v) is 5.21. The minimum atomic E-state index is -0.726. The molecule has 4 nitrogen and oxygen atoms in total. The van der Waals surface area contributed by atoms with Crippen LogP contribution in [0.2, 0.25) is 0 Å². The van der Waals surface area contributed by atoms with Crippen molar-refractivity contribution in [3.05, 3.63) is 59.9 Å². The molecule has 28 heavy (non-hydrogen) atoms. The van der Waals surface area contributed by atoms with E-state index < -0.39 is 5.97 Å². The van der Waals surface area contributed by atoms with Gasteiger partial charge in [-0.1, -0.05) is 36.4 Å². The first-order valence-corrected chi connectivity index (χ1v) is 10.0. The number of carbonyl (C=O) groups is 1. The molecule has 1 N–H and O–H groups in total. The monoisotopic (exact) mass is 385 g/mol. The largest absolute Gasteiger partial charge is 0.481 e. The summed E-state index contributed by atoms with van der Waals surface area (Å²) >= 11 is 0. The fourth-order valence-corrected chi connectivity index (χ4v) is 3.62. The van der Waals surface area contributed by atoms with E-state index in [1.807, 2.05) is 12.1 Å². The van der Waals surface area contributed by atoms with Gasteiger partial charge in [0.25, 0.3) is 0 Å². The van der Waals surface area contributed by atoms with E-state index in [4.69, 9.17) is 9.84 Å². The van der Waals surface area contributed by atoms with Gasteiger partial charge in [-0.25, -0.2) is 4.39 Å². The van der Waals surface area contributed by atoms with Crippen LogP contribution in [0.1, 0.15) is 44.1 Å². The highest BCUT2D eigenvalue weighted by atomic mass is 19.1. The Morgan fingerprint density at radius 1 is 1.04 bits per heavy atom. The van der Waals surface area contributed by atoms with Gasteiger partial charge in [-0.2, -0.15) is 0 Å². The first-order valence-electron chi connectivity index (χ1n) is 10.0. The number of aliphatic carboxylic acids is 1. The quantitative estimate of drug-likeness (QED) is 0.612. The zero-order chi connectivity index (χ0) is 19.8. The van der Waals surface area contributed by atoms with Crippen LogP contribution in [0.15, 0.2) is 48.5 Å². The van der Waals surface area contributed by atoms with Gasteiger partial charge >= 0.3 is 5.97 Å². The van der Waals surface area contributed by atoms with Crippen molar-refractivity contribution in [1.82, 2.24) is 4.90 Å². The van der Waals surface area contributed by atoms with Gasteiger partial charge in [0.2, 0.25) is 0 Å². The van der Waals surface area contributed by atoms with Crippen LogP contribution in [-0.2, 0) is 16.1 Å². The number of carboxylic acid groups (broad SMARTS) is 1. The van der Waals surface area contributed by atoms with Gasteiger partial charge in [-0.3, -0.25) is 9.69 Å². The van der Waals surface area contributed by atoms with Crippen LogP contribution in [0.25, 0.3) is 11.1 Å². The molecule has 5 heteroatoms. The number of hydrogen-bond acceptors (Lipinski definition) is 3. The molecule has 1 heterocycles. The van der Waals surface area contributed by atoms with Crippen molar-refractivity contribution in [3.8, 4) is 11.1 Å². The van der Waals surface area contributed by atoms with E-state index in [1.54, 1.807) is 12.1 Å². The maximum absolute atomic E-state index is 13.1. The van der Waals surface area contributed by atoms with Crippen molar-refractivity contribution in [2.24, 2.45) is 0 Å². The summed E-state index contributed by atoms with van der Waals surface area (Å²) in [5.41, 5.74) is 3.16. The van der Waals surface area contributed by atoms with Crippen LogP contribution in [-0.4, -0.2) is 35.3 Å². The van der Waals surface area contributed by atoms with E-state index in [0.717, 1.165) is 42.6 Å². The number of likely N-dealkylation sites (tertiary alicyclic amines) is 1. The number of hydrogen-bond donors (Lipinski definition) is 1. The highest BCUT2D eigenvalue weighted by molar-refractivity contribution is 5.66. The highest BCUT2D eigenvalue weighted by Gasteiger charge is 2.22. The predicted molar refractivity (Wildman–Crippen MR) is 107 cm³/mol. The SMILES string of the molecule is O=C(O)CCCCN1CCCCC1OCc1ccc(-c2ccc(F)cc2)cc1. The average Bonchev–Trinajstić information content (AvgIpc) is 2.71. The smallest absolute Gasteiger partial charge is 0.303 e. The standard InChI is InChI=1S/C23H28FNO3/c24-21-13-11-20(12-14-21)19-9-7-18(8-10-19)17-28-22-5-1-3-15-25(22)16-4-2-6-23(26)27/h7-14,22H,1-6,15-17H2,(H,26,27). The molecule has 1 saturated heterocycles. The Morgan fingerprint density at radius 3 is 2.39 bits per heavy atom. The van der Waals surface area contributed by atoms with Gasteiger partial charge < -0.3 is 9.84 Å². The molecule has 1 fully saturated rings. The summed E-state index contributed by atoms with van der Waals surface area (Å²) in [6, 6.07) is 14.7. The molecule has 1 atom stereocenters. The third kappa shape index (κ3) is 6.14. The van der Waals surface area contributed by atoms with Crippen molar-refractivity contribution in [2.75, 3.05) is 13.1 Å². The zero-order valence-electron chi connectivity index (χ0n) is 16.1. The number of benzene rings is 2. The summed E-state index contributed by atoms with van der Waals surface area (Å²) in [5.74, 6) is -0.954. The highest BCUT2D eigenvalue weighted by Crippen LogP contribution is 2.23. The second kappa shape index (κ2) is 10.3. The van der Waals surface area contributed by atoms with Crippen LogP contribution in [0, 0.1) is 5.82 Å². The number of piperidine rings is 1. The molecule has 2 aromatic carbocycles. The summed E-state index contributed by atoms with van der Waals surface area (Å²) in [5, 5.41) is 8.76. The summed E-state index contributed by atoms with van der Waals surface area (Å²) in [7, 11) is 0. The van der Waals surface area contributed by atoms with Gasteiger partial charge in [-0.05, 0) is 60.9 Å². The van der Waals surface area contributed by atoms with E-state index >= 15 is 0 Å². The normalized spacial score (nSPS) is 17.5. The Bertz CT molecular complexity index is 745. The van der Waals surface area contributed by atoms with Crippen molar-refractivity contribution in [1.29, 1.82) is 0 Å². The third-order valence-electron chi connectivity index (χ3n) is 5.21. The van der Waals surface area contributed by atoms with E-state index in [-0.39, 0.29) is 18.5 Å². The molecule has 1 aliphatic heterocycles. The molecular formula is C23H28FNO3. The average molecular weight is 385 g/mol. The van der Waals surface area contributed by atoms with Gasteiger partial charge in [-0.15, -0.1) is 0 Å². The molecule has 1 aliphatic rings. The van der Waals surface area contributed by atoms with Gasteiger partial charge in [0.15, 0.2) is 0 Å². The molecule has 0 amide bonds. The Balaban J connectivity index is 1.50. The zero-order valence-corrected chi connectivity index (χ0v) is 16.1. The molecular weight excluding hydrogens is 357 g/mol. The Labute approximate surface area is 165 Å². The molecule has 0 aliphatic carbocycles. The van der Waals surface area contributed by atoms with Crippen LogP contribution in [0.5, 0.6) is 0 Å². The number of carboxylic acids is 1. The van der Waals surface area contributed by atoms with Crippen LogP contribution in [0.3, 0.4) is 0 Å². The fourth-order valence-electron chi connectivity index (χ4n) is 3.62. The summed E-state index contributed by atoms with van der Waals surface area (Å²) in [6.07, 6.45) is 5.30. The Morgan fingerprint density at radius 2 is 1.71 bits per heavy atom. The molecule has 0 aromatic heterocycles. The first-order chi connectivity index (χ1) is 13.6. The second-order valence-electron chi connectivity index (χ2n) is 7.35. The summed E-state index contributed by atoms with van der Waals surface area (Å²) in [4.78, 5) is 13.0. The van der Waals surface area contributed by atoms with Gasteiger partial charge in [0.1, 0.15) is 12.0 Å². The number of unbranched alkanes of at least 4 members (excludes halogenated alkanes) is 1. The van der Waals surface area contributed by atoms with E-state index in [1.165, 1.54) is 25.0 Å². The number of rotatable bonds is 9. The van der Waals surface area contributed by atoms with Crippen LogP contribution in [0.4, 0.5) is 4.39 Å². The number of halogens is 1. The molecule has 3 rings (SSSR count). The lowest BCUT2D eigenvalue weighted by Crippen LogP contribution is -2.41. The molecule has 0 radical (unpaired) electrons. The molecule has 0 spiro atoms. The maximum Gasteiger partial charge on any atom is 0.303 e. The Hall–Kier alpha value is -2.24. The van der Waals surface area contributed by atoms with Gasteiger partial charge in [0, 0.05) is 19.5 Å². The van der Waals surface area contributed by atoms with Crippen LogP contribution >= 0.6 is 0 Å². The fraction of sp³-hybridized carbons (Fsp3) is 0.435. The molecule has 0 bridgehead atoms. The molecule has 150 valence electrons. The molecule has 2 aromatic rings. The number of ether oxygens (including phenoxy) is 1. The lowest BCUT2D eigenvalue weighted by atomic mass is 10.0. The second-order valence-corrected chi connectivity index (χ2v) is 7.35. The maximum atomic E-state index is 13.1. The van der Waals surface area contributed by atoms with Crippen molar-refractivity contribution >= 4 is 5.97 Å². The number of nitrogens with zero attached hydrogens (tertiary/aromatic N) is 1. The van der Waals surface area contributed by atoms with E-state index in [2.05, 4.69) is 17.0 Å². The Kier molecular flexibility index (Phi) is 7.57. The lowest BCUT2D eigenvalue weighted by Gasteiger charge is -2.35. The van der Waals surface area contributed by atoms with Crippen LogP contribution < -0.4 is 0 Å². The van der Waals surface area contributed by atoms with E-state index in [9.17, 15) is 9.18 Å². The molecule has 1 unspecified atom stereocenters. The van der Waals surface area contributed by atoms with Gasteiger partial charge in [0.05, 0.1) is 6.61 Å². The summed E-state index contributed by atoms with van der Waals surface area (Å²) in [6.45, 7) is 2.46. The minimum Gasteiger partial charge on any atom is -0.481 e. The first kappa shape index (κ1) is 20.5. The molecule has 0 saturated carbocycles. The predicted octanol–water partition coefficient (Wildman–Crippen LogP) is 5.08. The van der Waals surface area contributed by atoms with Crippen molar-refractivity contribution in [2.45, 2.75) is 51.4 Å². The lowest BCUT2D eigenvalue weighted by molar-refractivity contribution is -0.137. The van der Waals surface area contributed by atoms with Crippen molar-refractivity contribution < 1.29 is 19.0 Å². The van der Waals surface area contributed by atoms with E-state index in [0.29, 0.717) is 13.0 Å². The van der Waals surface area contributed by atoms with Crippen molar-refractivity contribution in [3.63, 3.8) is 0 Å².